The zero-order valence-electron chi connectivity index (χ0n) is 10.5. The van der Waals surface area contributed by atoms with E-state index < -0.39 is 11.7 Å². The molecule has 0 bridgehead atoms. The Balaban J connectivity index is 2.37. The van der Waals surface area contributed by atoms with Crippen LogP contribution in [0, 0.1) is 5.82 Å². The SMILES string of the molecule is CN(C(=O)c1ccc(Cl)c(F)c1)c1cc(Cl)ccc1N. The summed E-state index contributed by atoms with van der Waals surface area (Å²) in [7, 11) is 1.54. The van der Waals surface area contributed by atoms with E-state index in [4.69, 9.17) is 28.9 Å². The van der Waals surface area contributed by atoms with Gasteiger partial charge in [-0.2, -0.15) is 0 Å². The normalized spacial score (nSPS) is 10.4. The number of nitrogens with two attached hydrogens (primary N) is 1. The summed E-state index contributed by atoms with van der Waals surface area (Å²) < 4.78 is 13.4. The summed E-state index contributed by atoms with van der Waals surface area (Å²) in [5.74, 6) is -1.06. The van der Waals surface area contributed by atoms with Gasteiger partial charge in [0.15, 0.2) is 0 Å². The van der Waals surface area contributed by atoms with Crippen molar-refractivity contribution in [2.24, 2.45) is 0 Å². The number of nitrogen functional groups attached to an aromatic ring is 1. The van der Waals surface area contributed by atoms with Crippen molar-refractivity contribution in [1.29, 1.82) is 0 Å². The number of hydrogen-bond acceptors (Lipinski definition) is 2. The number of halogens is 3. The first kappa shape index (κ1) is 14.6. The average Bonchev–Trinajstić information content (AvgIpc) is 2.43. The lowest BCUT2D eigenvalue weighted by Crippen LogP contribution is -2.27. The highest BCUT2D eigenvalue weighted by molar-refractivity contribution is 6.31. The van der Waals surface area contributed by atoms with Gasteiger partial charge in [-0.25, -0.2) is 4.39 Å². The Morgan fingerprint density at radius 1 is 1.20 bits per heavy atom. The maximum absolute atomic E-state index is 13.4. The molecule has 0 fully saturated rings. The summed E-state index contributed by atoms with van der Waals surface area (Å²) in [6.45, 7) is 0. The molecule has 0 spiro atoms. The summed E-state index contributed by atoms with van der Waals surface area (Å²) in [5.41, 5.74) is 6.85. The van der Waals surface area contributed by atoms with Crippen LogP contribution in [0.5, 0.6) is 0 Å². The topological polar surface area (TPSA) is 46.3 Å². The molecule has 0 aliphatic carbocycles. The van der Waals surface area contributed by atoms with Gasteiger partial charge in [0, 0.05) is 17.6 Å². The van der Waals surface area contributed by atoms with Gasteiger partial charge in [0.2, 0.25) is 0 Å². The Hall–Kier alpha value is -1.78. The molecule has 20 heavy (non-hydrogen) atoms. The monoisotopic (exact) mass is 312 g/mol. The Bertz CT molecular complexity index is 676. The van der Waals surface area contributed by atoms with E-state index in [1.54, 1.807) is 18.2 Å². The maximum atomic E-state index is 13.4. The quantitative estimate of drug-likeness (QED) is 0.852. The zero-order chi connectivity index (χ0) is 14.9. The van der Waals surface area contributed by atoms with Crippen molar-refractivity contribution < 1.29 is 9.18 Å². The number of hydrogen-bond donors (Lipinski definition) is 1. The second kappa shape index (κ2) is 5.69. The van der Waals surface area contributed by atoms with Gasteiger partial charge in [-0.05, 0) is 36.4 Å². The Labute approximate surface area is 125 Å². The number of carbonyl (C=O) groups is 1. The van der Waals surface area contributed by atoms with Crippen LogP contribution in [0.15, 0.2) is 36.4 Å². The molecule has 0 atom stereocenters. The lowest BCUT2D eigenvalue weighted by atomic mass is 10.1. The molecular weight excluding hydrogens is 302 g/mol. The second-order valence-corrected chi connectivity index (χ2v) is 5.04. The Morgan fingerprint density at radius 2 is 1.90 bits per heavy atom. The molecule has 0 heterocycles. The number of carbonyl (C=O) groups excluding carboxylic acids is 1. The minimum Gasteiger partial charge on any atom is -0.397 e. The van der Waals surface area contributed by atoms with Crippen LogP contribution in [0.2, 0.25) is 10.0 Å². The van der Waals surface area contributed by atoms with Crippen LogP contribution in [0.1, 0.15) is 10.4 Å². The lowest BCUT2D eigenvalue weighted by Gasteiger charge is -2.19. The fourth-order valence-electron chi connectivity index (χ4n) is 1.74. The zero-order valence-corrected chi connectivity index (χ0v) is 12.0. The predicted octanol–water partition coefficient (Wildman–Crippen LogP) is 3.99. The van der Waals surface area contributed by atoms with Gasteiger partial charge in [0.25, 0.3) is 5.91 Å². The van der Waals surface area contributed by atoms with E-state index in [1.165, 1.54) is 24.1 Å². The van der Waals surface area contributed by atoms with Crippen LogP contribution in [-0.4, -0.2) is 13.0 Å². The summed E-state index contributed by atoms with van der Waals surface area (Å²) in [5, 5.41) is 0.419. The number of amides is 1. The first-order chi connectivity index (χ1) is 9.40. The van der Waals surface area contributed by atoms with Crippen molar-refractivity contribution in [3.63, 3.8) is 0 Å². The van der Waals surface area contributed by atoms with E-state index in [-0.39, 0.29) is 10.6 Å². The fraction of sp³-hybridized carbons (Fsp3) is 0.0714. The molecule has 0 unspecified atom stereocenters. The molecule has 0 aromatic heterocycles. The first-order valence-electron chi connectivity index (χ1n) is 5.68. The lowest BCUT2D eigenvalue weighted by molar-refractivity contribution is 0.0992. The smallest absolute Gasteiger partial charge is 0.258 e. The van der Waals surface area contributed by atoms with Gasteiger partial charge in [-0.1, -0.05) is 23.2 Å². The molecule has 2 aromatic rings. The molecule has 2 N–H and O–H groups in total. The predicted molar refractivity (Wildman–Crippen MR) is 80.0 cm³/mol. The van der Waals surface area contributed by atoms with Crippen molar-refractivity contribution in [2.75, 3.05) is 17.7 Å². The third-order valence-corrected chi connectivity index (χ3v) is 3.37. The van der Waals surface area contributed by atoms with Crippen molar-refractivity contribution >= 4 is 40.5 Å². The summed E-state index contributed by atoms with van der Waals surface area (Å²) in [6.07, 6.45) is 0. The fourth-order valence-corrected chi connectivity index (χ4v) is 2.02. The van der Waals surface area contributed by atoms with Crippen molar-refractivity contribution in [3.8, 4) is 0 Å². The third-order valence-electron chi connectivity index (χ3n) is 2.83. The largest absolute Gasteiger partial charge is 0.397 e. The van der Waals surface area contributed by atoms with Crippen LogP contribution in [0.25, 0.3) is 0 Å². The van der Waals surface area contributed by atoms with Crippen molar-refractivity contribution in [3.05, 3.63) is 57.8 Å². The Kier molecular flexibility index (Phi) is 4.16. The molecule has 6 heteroatoms. The molecule has 0 aliphatic rings. The summed E-state index contributed by atoms with van der Waals surface area (Å²) in [6, 6.07) is 8.66. The number of anilines is 2. The van der Waals surface area contributed by atoms with E-state index in [0.29, 0.717) is 16.4 Å². The number of nitrogens with zero attached hydrogens (tertiary/aromatic N) is 1. The minimum atomic E-state index is -0.648. The van der Waals surface area contributed by atoms with Gasteiger partial charge in [0.1, 0.15) is 5.82 Å². The average molecular weight is 313 g/mol. The van der Waals surface area contributed by atoms with Crippen molar-refractivity contribution in [1.82, 2.24) is 0 Å². The van der Waals surface area contributed by atoms with Crippen LogP contribution in [0.3, 0.4) is 0 Å². The van der Waals surface area contributed by atoms with Gasteiger partial charge in [0.05, 0.1) is 16.4 Å². The van der Waals surface area contributed by atoms with E-state index in [1.807, 2.05) is 0 Å². The maximum Gasteiger partial charge on any atom is 0.258 e. The molecule has 0 saturated carbocycles. The van der Waals surface area contributed by atoms with E-state index in [9.17, 15) is 9.18 Å². The molecular formula is C14H11Cl2FN2O. The van der Waals surface area contributed by atoms with Crippen LogP contribution in [-0.2, 0) is 0 Å². The van der Waals surface area contributed by atoms with Gasteiger partial charge in [-0.15, -0.1) is 0 Å². The highest BCUT2D eigenvalue weighted by atomic mass is 35.5. The highest BCUT2D eigenvalue weighted by Gasteiger charge is 2.17. The molecule has 2 rings (SSSR count). The summed E-state index contributed by atoms with van der Waals surface area (Å²) in [4.78, 5) is 13.6. The second-order valence-electron chi connectivity index (χ2n) is 4.20. The van der Waals surface area contributed by atoms with Crippen LogP contribution < -0.4 is 10.6 Å². The molecule has 0 radical (unpaired) electrons. The van der Waals surface area contributed by atoms with E-state index >= 15 is 0 Å². The minimum absolute atomic E-state index is 0.0357. The Morgan fingerprint density at radius 3 is 2.55 bits per heavy atom. The van der Waals surface area contributed by atoms with Crippen molar-refractivity contribution in [2.45, 2.75) is 0 Å². The molecule has 104 valence electrons. The van der Waals surface area contributed by atoms with E-state index in [2.05, 4.69) is 0 Å². The van der Waals surface area contributed by atoms with Gasteiger partial charge >= 0.3 is 0 Å². The molecule has 0 aliphatic heterocycles. The van der Waals surface area contributed by atoms with Crippen LogP contribution >= 0.6 is 23.2 Å². The number of rotatable bonds is 2. The standard InChI is InChI=1S/C14H11Cl2FN2O/c1-19(13-7-9(15)3-5-12(13)18)14(20)8-2-4-10(16)11(17)6-8/h2-7H,18H2,1H3. The molecule has 2 aromatic carbocycles. The molecule has 3 nitrogen and oxygen atoms in total. The number of benzene rings is 2. The molecule has 0 saturated heterocycles. The summed E-state index contributed by atoms with van der Waals surface area (Å²) >= 11 is 11.5. The van der Waals surface area contributed by atoms with Gasteiger partial charge in [-0.3, -0.25) is 4.79 Å². The van der Waals surface area contributed by atoms with E-state index in [0.717, 1.165) is 6.07 Å². The van der Waals surface area contributed by atoms with Crippen LogP contribution in [0.4, 0.5) is 15.8 Å². The third kappa shape index (κ3) is 2.86. The highest BCUT2D eigenvalue weighted by Crippen LogP contribution is 2.27. The molecule has 1 amide bonds. The van der Waals surface area contributed by atoms with Gasteiger partial charge < -0.3 is 10.6 Å². The first-order valence-corrected chi connectivity index (χ1v) is 6.44.